The Morgan fingerprint density at radius 1 is 1.36 bits per heavy atom. The average Bonchev–Trinajstić information content (AvgIpc) is 3.01. The Morgan fingerprint density at radius 3 is 2.72 bits per heavy atom. The van der Waals surface area contributed by atoms with E-state index < -0.39 is 6.04 Å². The van der Waals surface area contributed by atoms with E-state index in [-0.39, 0.29) is 23.8 Å². The first-order chi connectivity index (χ1) is 11.7. The molecule has 1 heterocycles. The van der Waals surface area contributed by atoms with Gasteiger partial charge >= 0.3 is 0 Å². The van der Waals surface area contributed by atoms with Crippen LogP contribution in [-0.2, 0) is 16.1 Å². The number of nitrogens with zero attached hydrogens (tertiary/aromatic N) is 1. The Bertz CT molecular complexity index is 640. The highest BCUT2D eigenvalue weighted by atomic mass is 35.5. The van der Waals surface area contributed by atoms with Crippen molar-refractivity contribution in [1.82, 2.24) is 10.2 Å². The van der Waals surface area contributed by atoms with Crippen molar-refractivity contribution in [3.05, 3.63) is 28.8 Å². The second-order valence-electron chi connectivity index (χ2n) is 7.62. The van der Waals surface area contributed by atoms with E-state index in [4.69, 9.17) is 16.3 Å². The molecule has 6 heteroatoms. The molecule has 1 fully saturated rings. The second kappa shape index (κ2) is 8.09. The predicted molar refractivity (Wildman–Crippen MR) is 98.7 cm³/mol. The van der Waals surface area contributed by atoms with Crippen LogP contribution < -0.4 is 10.1 Å². The van der Waals surface area contributed by atoms with E-state index in [1.165, 1.54) is 0 Å². The molecule has 138 valence electrons. The smallest absolute Gasteiger partial charge is 0.243 e. The van der Waals surface area contributed by atoms with Crippen molar-refractivity contribution in [2.24, 2.45) is 5.41 Å². The maximum atomic E-state index is 12.6. The summed E-state index contributed by atoms with van der Waals surface area (Å²) in [5.74, 6) is 0.544. The van der Waals surface area contributed by atoms with E-state index >= 15 is 0 Å². The summed E-state index contributed by atoms with van der Waals surface area (Å²) in [4.78, 5) is 26.8. The van der Waals surface area contributed by atoms with E-state index in [0.717, 1.165) is 12.0 Å². The van der Waals surface area contributed by atoms with Crippen LogP contribution in [0.2, 0.25) is 5.02 Å². The lowest BCUT2D eigenvalue weighted by atomic mass is 9.91. The van der Waals surface area contributed by atoms with Gasteiger partial charge in [0.25, 0.3) is 0 Å². The number of amides is 2. The highest BCUT2D eigenvalue weighted by Gasteiger charge is 2.35. The quantitative estimate of drug-likeness (QED) is 0.868. The molecule has 25 heavy (non-hydrogen) atoms. The zero-order valence-electron chi connectivity index (χ0n) is 15.4. The first-order valence-electron chi connectivity index (χ1n) is 8.61. The second-order valence-corrected chi connectivity index (χ2v) is 8.03. The van der Waals surface area contributed by atoms with Crippen LogP contribution in [0.5, 0.6) is 5.75 Å². The van der Waals surface area contributed by atoms with Gasteiger partial charge in [-0.25, -0.2) is 0 Å². The van der Waals surface area contributed by atoms with E-state index in [2.05, 4.69) is 5.32 Å². The van der Waals surface area contributed by atoms with E-state index in [1.54, 1.807) is 24.1 Å². The molecule has 0 aromatic heterocycles. The third kappa shape index (κ3) is 5.11. The first kappa shape index (κ1) is 19.6. The molecule has 5 nitrogen and oxygen atoms in total. The summed E-state index contributed by atoms with van der Waals surface area (Å²) in [6.07, 6.45) is 1.99. The maximum absolute atomic E-state index is 12.6. The lowest BCUT2D eigenvalue weighted by Crippen LogP contribution is -2.46. The fourth-order valence-electron chi connectivity index (χ4n) is 3.09. The Labute approximate surface area is 154 Å². The zero-order valence-corrected chi connectivity index (χ0v) is 16.2. The minimum Gasteiger partial charge on any atom is -0.496 e. The Kier molecular flexibility index (Phi) is 6.33. The number of benzene rings is 1. The summed E-state index contributed by atoms with van der Waals surface area (Å²) >= 11 is 6.21. The normalized spacial score (nSPS) is 17.5. The van der Waals surface area contributed by atoms with Crippen molar-refractivity contribution in [2.75, 3.05) is 13.7 Å². The fraction of sp³-hybridized carbons (Fsp3) is 0.579. The molecule has 0 aliphatic carbocycles. The van der Waals surface area contributed by atoms with Gasteiger partial charge in [0.1, 0.15) is 11.8 Å². The summed E-state index contributed by atoms with van der Waals surface area (Å²) in [5, 5.41) is 3.45. The molecule has 0 bridgehead atoms. The Hall–Kier alpha value is -1.75. The minimum absolute atomic E-state index is 0.0421. The lowest BCUT2D eigenvalue weighted by Gasteiger charge is -2.27. The molecule has 0 radical (unpaired) electrons. The molecule has 1 aromatic rings. The van der Waals surface area contributed by atoms with Gasteiger partial charge in [-0.2, -0.15) is 0 Å². The van der Waals surface area contributed by atoms with E-state index in [9.17, 15) is 9.59 Å². The van der Waals surface area contributed by atoms with Crippen molar-refractivity contribution in [1.29, 1.82) is 0 Å². The topological polar surface area (TPSA) is 58.6 Å². The third-order valence-electron chi connectivity index (χ3n) is 4.29. The molecule has 1 N–H and O–H groups in total. The molecular formula is C19H27ClN2O3. The van der Waals surface area contributed by atoms with Crippen LogP contribution in [0.25, 0.3) is 0 Å². The number of carbonyl (C=O) groups excluding carboxylic acids is 2. The maximum Gasteiger partial charge on any atom is 0.243 e. The van der Waals surface area contributed by atoms with Crippen LogP contribution in [0.1, 0.15) is 45.6 Å². The third-order valence-corrected chi connectivity index (χ3v) is 4.65. The van der Waals surface area contributed by atoms with Gasteiger partial charge in [0.15, 0.2) is 0 Å². The van der Waals surface area contributed by atoms with Crippen molar-refractivity contribution >= 4 is 23.4 Å². The molecule has 2 rings (SSSR count). The highest BCUT2D eigenvalue weighted by molar-refractivity contribution is 6.31. The molecule has 1 atom stereocenters. The van der Waals surface area contributed by atoms with Crippen LogP contribution in [0.3, 0.4) is 0 Å². The number of rotatable bonds is 5. The number of carbonyl (C=O) groups is 2. The van der Waals surface area contributed by atoms with Gasteiger partial charge in [-0.05, 0) is 30.4 Å². The molecule has 2 amide bonds. The molecule has 1 aliphatic heterocycles. The Balaban J connectivity index is 2.02. The number of halogens is 1. The fourth-order valence-corrected chi connectivity index (χ4v) is 3.32. The molecule has 0 saturated carbocycles. The van der Waals surface area contributed by atoms with Crippen molar-refractivity contribution in [2.45, 2.75) is 52.6 Å². The molecule has 1 aliphatic rings. The number of nitrogens with one attached hydrogen (secondary N) is 1. The predicted octanol–water partition coefficient (Wildman–Crippen LogP) is 3.39. The van der Waals surface area contributed by atoms with Crippen LogP contribution >= 0.6 is 11.6 Å². The summed E-state index contributed by atoms with van der Waals surface area (Å²) in [6.45, 7) is 7.00. The van der Waals surface area contributed by atoms with Crippen molar-refractivity contribution in [3.8, 4) is 5.75 Å². The van der Waals surface area contributed by atoms with Gasteiger partial charge in [-0.3, -0.25) is 9.59 Å². The van der Waals surface area contributed by atoms with Gasteiger partial charge in [0.2, 0.25) is 11.8 Å². The number of methoxy groups -OCH3 is 1. The zero-order chi connectivity index (χ0) is 18.6. The van der Waals surface area contributed by atoms with Crippen molar-refractivity contribution in [3.63, 3.8) is 0 Å². The van der Waals surface area contributed by atoms with Crippen LogP contribution in [0, 0.1) is 5.41 Å². The largest absolute Gasteiger partial charge is 0.496 e. The van der Waals surface area contributed by atoms with Crippen LogP contribution in [0.4, 0.5) is 0 Å². The van der Waals surface area contributed by atoms with Crippen LogP contribution in [-0.4, -0.2) is 36.4 Å². The Morgan fingerprint density at radius 2 is 2.08 bits per heavy atom. The monoisotopic (exact) mass is 366 g/mol. The van der Waals surface area contributed by atoms with Crippen LogP contribution in [0.15, 0.2) is 18.2 Å². The average molecular weight is 367 g/mol. The van der Waals surface area contributed by atoms with E-state index in [0.29, 0.717) is 30.2 Å². The molecule has 1 aromatic carbocycles. The summed E-state index contributed by atoms with van der Waals surface area (Å²) in [5.41, 5.74) is 0.650. The molecular weight excluding hydrogens is 340 g/mol. The number of ether oxygens (including phenoxy) is 1. The highest BCUT2D eigenvalue weighted by Crippen LogP contribution is 2.27. The number of hydrogen-bond acceptors (Lipinski definition) is 3. The minimum atomic E-state index is -0.400. The lowest BCUT2D eigenvalue weighted by molar-refractivity contribution is -0.139. The van der Waals surface area contributed by atoms with E-state index in [1.807, 2.05) is 26.8 Å². The first-order valence-corrected chi connectivity index (χ1v) is 8.99. The van der Waals surface area contributed by atoms with Gasteiger partial charge < -0.3 is 15.0 Å². The molecule has 0 unspecified atom stereocenters. The van der Waals surface area contributed by atoms with Crippen molar-refractivity contribution < 1.29 is 14.3 Å². The standard InChI is InChI=1S/C19H27ClN2O3/c1-19(2,3)11-17(23)22-10-6-8-15(22)18(24)21-12-13-14(20)7-5-9-16(13)25-4/h5,7,9,15H,6,8,10-12H2,1-4H3,(H,21,24)/t15-/m1/s1. The summed E-state index contributed by atoms with van der Waals surface area (Å²) < 4.78 is 5.30. The summed E-state index contributed by atoms with van der Waals surface area (Å²) in [6, 6.07) is 4.97. The van der Waals surface area contributed by atoms with Gasteiger partial charge in [-0.1, -0.05) is 38.4 Å². The SMILES string of the molecule is COc1cccc(Cl)c1CNC(=O)[C@H]1CCCN1C(=O)CC(C)(C)C. The molecule has 0 spiro atoms. The number of hydrogen-bond donors (Lipinski definition) is 1. The summed E-state index contributed by atoms with van der Waals surface area (Å²) in [7, 11) is 1.57. The van der Waals surface area contributed by atoms with Gasteiger partial charge in [0.05, 0.1) is 7.11 Å². The van der Waals surface area contributed by atoms with Gasteiger partial charge in [0, 0.05) is 30.1 Å². The molecule has 1 saturated heterocycles. The van der Waals surface area contributed by atoms with Gasteiger partial charge in [-0.15, -0.1) is 0 Å². The number of likely N-dealkylation sites (tertiary alicyclic amines) is 1.